The number of hydrogen-bond acceptors (Lipinski definition) is 4. The summed E-state index contributed by atoms with van der Waals surface area (Å²) in [6.45, 7) is 4.69. The van der Waals surface area contributed by atoms with E-state index in [0.29, 0.717) is 30.9 Å². The minimum absolute atomic E-state index is 0.0827. The van der Waals surface area contributed by atoms with Crippen LogP contribution in [0.5, 0.6) is 0 Å². The van der Waals surface area contributed by atoms with Crippen LogP contribution >= 0.6 is 0 Å². The highest BCUT2D eigenvalue weighted by Gasteiger charge is 2.17. The highest BCUT2D eigenvalue weighted by atomic mass is 16.1. The van der Waals surface area contributed by atoms with Crippen LogP contribution in [-0.2, 0) is 16.1 Å². The molecule has 1 amide bonds. The number of carbonyl (C=O) groups is 3. The molecule has 0 aromatic heterocycles. The maximum atomic E-state index is 11.3. The van der Waals surface area contributed by atoms with E-state index >= 15 is 0 Å². The first-order chi connectivity index (χ1) is 10.9. The smallest absolute Gasteiger partial charge is 0.219 e. The summed E-state index contributed by atoms with van der Waals surface area (Å²) < 4.78 is 0. The van der Waals surface area contributed by atoms with Gasteiger partial charge in [0.2, 0.25) is 5.91 Å². The molecule has 0 saturated heterocycles. The first-order valence-electron chi connectivity index (χ1n) is 7.87. The van der Waals surface area contributed by atoms with Gasteiger partial charge in [-0.2, -0.15) is 0 Å². The lowest BCUT2D eigenvalue weighted by Gasteiger charge is -2.24. The number of nitrogens with one attached hydrogen (secondary N) is 1. The van der Waals surface area contributed by atoms with E-state index in [4.69, 9.17) is 0 Å². The third kappa shape index (κ3) is 5.60. The van der Waals surface area contributed by atoms with Gasteiger partial charge in [-0.3, -0.25) is 14.5 Å². The zero-order valence-electron chi connectivity index (χ0n) is 14.3. The molecule has 1 N–H and O–H groups in total. The van der Waals surface area contributed by atoms with Gasteiger partial charge in [-0.05, 0) is 30.5 Å². The molecular formula is C18H26N2O3. The third-order valence-corrected chi connectivity index (χ3v) is 4.05. The van der Waals surface area contributed by atoms with Crippen molar-refractivity contribution >= 4 is 18.5 Å². The Morgan fingerprint density at radius 3 is 2.52 bits per heavy atom. The van der Waals surface area contributed by atoms with Crippen molar-refractivity contribution in [2.24, 2.45) is 0 Å². The number of hydrogen-bond donors (Lipinski definition) is 1. The van der Waals surface area contributed by atoms with E-state index in [2.05, 4.69) is 19.2 Å². The van der Waals surface area contributed by atoms with E-state index in [1.54, 1.807) is 7.05 Å². The Morgan fingerprint density at radius 1 is 1.30 bits per heavy atom. The number of likely N-dealkylation sites (N-methyl/N-ethyl adjacent to an activating group) is 1. The summed E-state index contributed by atoms with van der Waals surface area (Å²) in [5.41, 5.74) is 2.70. The fraction of sp³-hybridized carbons (Fsp3) is 0.500. The van der Waals surface area contributed by atoms with Gasteiger partial charge in [-0.15, -0.1) is 0 Å². The average Bonchev–Trinajstić information content (AvgIpc) is 2.54. The van der Waals surface area contributed by atoms with E-state index in [1.807, 2.05) is 30.1 Å². The lowest BCUT2D eigenvalue weighted by molar-refractivity contribution is -0.121. The van der Waals surface area contributed by atoms with Gasteiger partial charge < -0.3 is 10.1 Å². The number of nitrogens with zero attached hydrogens (tertiary/aromatic N) is 1. The Kier molecular flexibility index (Phi) is 7.62. The van der Waals surface area contributed by atoms with Crippen molar-refractivity contribution < 1.29 is 14.4 Å². The zero-order chi connectivity index (χ0) is 17.4. The van der Waals surface area contributed by atoms with Crippen molar-refractivity contribution in [1.29, 1.82) is 0 Å². The molecule has 0 saturated carbocycles. The van der Waals surface area contributed by atoms with Crippen LogP contribution in [0.2, 0.25) is 0 Å². The highest BCUT2D eigenvalue weighted by molar-refractivity contribution is 5.77. The minimum atomic E-state index is -0.352. The van der Waals surface area contributed by atoms with E-state index < -0.39 is 0 Å². The Morgan fingerprint density at radius 2 is 2.00 bits per heavy atom. The van der Waals surface area contributed by atoms with Gasteiger partial charge in [0.05, 0.1) is 6.04 Å². The Bertz CT molecular complexity index is 555. The summed E-state index contributed by atoms with van der Waals surface area (Å²) in [5, 5.41) is 2.55. The molecule has 0 spiro atoms. The van der Waals surface area contributed by atoms with E-state index in [-0.39, 0.29) is 11.9 Å². The number of benzene rings is 1. The molecule has 0 bridgehead atoms. The number of aldehydes is 2. The van der Waals surface area contributed by atoms with Gasteiger partial charge in [0.25, 0.3) is 0 Å². The number of carbonyl (C=O) groups excluding carboxylic acids is 3. The lowest BCUT2D eigenvalue weighted by Crippen LogP contribution is -2.34. The average molecular weight is 318 g/mol. The predicted octanol–water partition coefficient (Wildman–Crippen LogP) is 2.15. The first kappa shape index (κ1) is 19.0. The van der Waals surface area contributed by atoms with E-state index in [1.165, 1.54) is 0 Å². The fourth-order valence-corrected chi connectivity index (χ4v) is 2.42. The van der Waals surface area contributed by atoms with Crippen LogP contribution in [-0.4, -0.2) is 43.5 Å². The SMILES string of the molecule is CNC(=O)CCC(C=O)N(C)Cc1cc(C(C)C)ccc1C=O. The summed E-state index contributed by atoms with van der Waals surface area (Å²) in [5.74, 6) is 0.288. The maximum absolute atomic E-state index is 11.3. The van der Waals surface area contributed by atoms with Gasteiger partial charge in [-0.25, -0.2) is 0 Å². The van der Waals surface area contributed by atoms with Gasteiger partial charge in [-0.1, -0.05) is 32.0 Å². The predicted molar refractivity (Wildman–Crippen MR) is 90.5 cm³/mol. The van der Waals surface area contributed by atoms with Gasteiger partial charge in [0.1, 0.15) is 12.6 Å². The summed E-state index contributed by atoms with van der Waals surface area (Å²) in [6, 6.07) is 5.45. The maximum Gasteiger partial charge on any atom is 0.219 e. The molecule has 1 rings (SSSR count). The van der Waals surface area contributed by atoms with Crippen molar-refractivity contribution in [1.82, 2.24) is 10.2 Å². The van der Waals surface area contributed by atoms with E-state index in [9.17, 15) is 14.4 Å². The second-order valence-corrected chi connectivity index (χ2v) is 6.06. The quantitative estimate of drug-likeness (QED) is 0.709. The summed E-state index contributed by atoms with van der Waals surface area (Å²) in [6.07, 6.45) is 2.46. The molecule has 0 heterocycles. The first-order valence-corrected chi connectivity index (χ1v) is 7.87. The van der Waals surface area contributed by atoms with Crippen LogP contribution in [0.1, 0.15) is 54.1 Å². The number of rotatable bonds is 9. The van der Waals surface area contributed by atoms with Crippen molar-refractivity contribution in [3.05, 3.63) is 34.9 Å². The largest absolute Gasteiger partial charge is 0.359 e. The normalized spacial score (nSPS) is 12.3. The molecule has 5 nitrogen and oxygen atoms in total. The van der Waals surface area contributed by atoms with Crippen molar-refractivity contribution in [2.75, 3.05) is 14.1 Å². The molecule has 0 fully saturated rings. The highest BCUT2D eigenvalue weighted by Crippen LogP contribution is 2.20. The molecule has 1 atom stereocenters. The lowest BCUT2D eigenvalue weighted by atomic mass is 9.97. The second kappa shape index (κ2) is 9.20. The van der Waals surface area contributed by atoms with Gasteiger partial charge in [0.15, 0.2) is 0 Å². The van der Waals surface area contributed by atoms with Gasteiger partial charge >= 0.3 is 0 Å². The van der Waals surface area contributed by atoms with Gasteiger partial charge in [0, 0.05) is 25.6 Å². The van der Waals surface area contributed by atoms with Crippen LogP contribution in [0.4, 0.5) is 0 Å². The molecule has 0 radical (unpaired) electrons. The van der Waals surface area contributed by atoms with Crippen LogP contribution in [0.25, 0.3) is 0 Å². The van der Waals surface area contributed by atoms with Crippen LogP contribution < -0.4 is 5.32 Å². The zero-order valence-corrected chi connectivity index (χ0v) is 14.3. The molecular weight excluding hydrogens is 292 g/mol. The molecule has 1 aromatic carbocycles. The number of amides is 1. The Balaban J connectivity index is 2.86. The Labute approximate surface area is 138 Å². The minimum Gasteiger partial charge on any atom is -0.359 e. The standard InChI is InChI=1S/C18H26N2O3/c1-13(2)14-5-6-15(11-21)16(9-14)10-20(4)17(12-22)7-8-18(23)19-3/h5-6,9,11-13,17H,7-8,10H2,1-4H3,(H,19,23). The van der Waals surface area contributed by atoms with Crippen LogP contribution in [0.3, 0.4) is 0 Å². The molecule has 0 aliphatic carbocycles. The molecule has 5 heteroatoms. The van der Waals surface area contributed by atoms with Crippen LogP contribution in [0.15, 0.2) is 18.2 Å². The summed E-state index contributed by atoms with van der Waals surface area (Å²) in [7, 11) is 3.41. The molecule has 126 valence electrons. The summed E-state index contributed by atoms with van der Waals surface area (Å²) in [4.78, 5) is 35.8. The van der Waals surface area contributed by atoms with Crippen molar-refractivity contribution in [3.63, 3.8) is 0 Å². The third-order valence-electron chi connectivity index (χ3n) is 4.05. The molecule has 23 heavy (non-hydrogen) atoms. The van der Waals surface area contributed by atoms with Crippen molar-refractivity contribution in [2.45, 2.75) is 45.2 Å². The Hall–Kier alpha value is -2.01. The van der Waals surface area contributed by atoms with E-state index in [0.717, 1.165) is 23.7 Å². The molecule has 1 aromatic rings. The fourth-order valence-electron chi connectivity index (χ4n) is 2.42. The summed E-state index contributed by atoms with van der Waals surface area (Å²) >= 11 is 0. The molecule has 0 aliphatic heterocycles. The second-order valence-electron chi connectivity index (χ2n) is 6.06. The van der Waals surface area contributed by atoms with Crippen molar-refractivity contribution in [3.8, 4) is 0 Å². The van der Waals surface area contributed by atoms with Crippen LogP contribution in [0, 0.1) is 0 Å². The molecule has 1 unspecified atom stereocenters. The molecule has 0 aliphatic rings. The topological polar surface area (TPSA) is 66.5 Å². The monoisotopic (exact) mass is 318 g/mol.